The number of carbonyl (C=O) groups is 2. The van der Waals surface area contributed by atoms with Crippen LogP contribution in [0.15, 0.2) is 18.2 Å². The number of nitrogens with one attached hydrogen (secondary N) is 2. The first kappa shape index (κ1) is 16.4. The number of nitrogens with zero attached hydrogens (tertiary/aromatic N) is 1. The van der Waals surface area contributed by atoms with Gasteiger partial charge in [0.15, 0.2) is 0 Å². The molecule has 1 aliphatic carbocycles. The number of hydrogen-bond acceptors (Lipinski definition) is 4. The standard InChI is InChI=1S/C15H21FN4O2/c16-13-3-1-2-12(20-13)15(22)19-11-6-4-10(5-7-11)18-14(21)8-9-17/h1-3,10-11H,4-9,17H2,(H,18,21)(H,19,22). The van der Waals surface area contributed by atoms with Gasteiger partial charge in [-0.3, -0.25) is 9.59 Å². The van der Waals surface area contributed by atoms with Crippen molar-refractivity contribution in [2.75, 3.05) is 6.54 Å². The number of rotatable bonds is 5. The van der Waals surface area contributed by atoms with Gasteiger partial charge in [-0.2, -0.15) is 4.39 Å². The Labute approximate surface area is 128 Å². The molecule has 0 aromatic carbocycles. The summed E-state index contributed by atoms with van der Waals surface area (Å²) in [5.41, 5.74) is 5.42. The number of carbonyl (C=O) groups excluding carboxylic acids is 2. The Bertz CT molecular complexity index is 530. The van der Waals surface area contributed by atoms with E-state index >= 15 is 0 Å². The summed E-state index contributed by atoms with van der Waals surface area (Å²) in [7, 11) is 0. The second-order valence-corrected chi connectivity index (χ2v) is 5.47. The molecule has 1 saturated carbocycles. The largest absolute Gasteiger partial charge is 0.353 e. The van der Waals surface area contributed by atoms with E-state index in [4.69, 9.17) is 5.73 Å². The molecule has 0 unspecified atom stereocenters. The fraction of sp³-hybridized carbons (Fsp3) is 0.533. The van der Waals surface area contributed by atoms with Crippen molar-refractivity contribution in [3.8, 4) is 0 Å². The molecule has 0 bridgehead atoms. The maximum absolute atomic E-state index is 13.0. The first-order valence-corrected chi connectivity index (χ1v) is 7.51. The first-order valence-electron chi connectivity index (χ1n) is 7.51. The van der Waals surface area contributed by atoms with Gasteiger partial charge in [0.25, 0.3) is 5.91 Å². The third kappa shape index (κ3) is 4.77. The molecule has 1 aromatic rings. The van der Waals surface area contributed by atoms with E-state index in [1.54, 1.807) is 0 Å². The molecule has 0 atom stereocenters. The number of aromatic nitrogens is 1. The van der Waals surface area contributed by atoms with Crippen molar-refractivity contribution < 1.29 is 14.0 Å². The van der Waals surface area contributed by atoms with Crippen LogP contribution in [0.5, 0.6) is 0 Å². The van der Waals surface area contributed by atoms with Gasteiger partial charge in [-0.25, -0.2) is 4.98 Å². The summed E-state index contributed by atoms with van der Waals surface area (Å²) in [6, 6.07) is 4.31. The monoisotopic (exact) mass is 308 g/mol. The number of pyridine rings is 1. The van der Waals surface area contributed by atoms with Crippen LogP contribution in [0, 0.1) is 5.95 Å². The minimum Gasteiger partial charge on any atom is -0.353 e. The van der Waals surface area contributed by atoms with E-state index in [1.807, 2.05) is 0 Å². The van der Waals surface area contributed by atoms with Gasteiger partial charge in [0.2, 0.25) is 11.9 Å². The molecule has 6 nitrogen and oxygen atoms in total. The summed E-state index contributed by atoms with van der Waals surface area (Å²) in [6.07, 6.45) is 3.49. The zero-order chi connectivity index (χ0) is 15.9. The average molecular weight is 308 g/mol. The molecule has 22 heavy (non-hydrogen) atoms. The Balaban J connectivity index is 1.77. The Morgan fingerprint density at radius 3 is 2.41 bits per heavy atom. The van der Waals surface area contributed by atoms with Crippen LogP contribution in [0.3, 0.4) is 0 Å². The Morgan fingerprint density at radius 2 is 1.82 bits per heavy atom. The van der Waals surface area contributed by atoms with Gasteiger partial charge in [-0.1, -0.05) is 6.07 Å². The van der Waals surface area contributed by atoms with E-state index < -0.39 is 5.95 Å². The minimum absolute atomic E-state index is 0.0280. The lowest BCUT2D eigenvalue weighted by atomic mass is 9.91. The Hall–Kier alpha value is -2.02. The molecule has 1 aromatic heterocycles. The van der Waals surface area contributed by atoms with Crippen molar-refractivity contribution in [2.24, 2.45) is 5.73 Å². The molecular formula is C15H21FN4O2. The predicted octanol–water partition coefficient (Wildman–Crippen LogP) is 0.727. The van der Waals surface area contributed by atoms with Crippen LogP contribution < -0.4 is 16.4 Å². The molecule has 1 aliphatic rings. The van der Waals surface area contributed by atoms with Gasteiger partial charge in [0.1, 0.15) is 5.69 Å². The second-order valence-electron chi connectivity index (χ2n) is 5.47. The fourth-order valence-corrected chi connectivity index (χ4v) is 2.61. The number of hydrogen-bond donors (Lipinski definition) is 3. The van der Waals surface area contributed by atoms with Crippen molar-refractivity contribution in [2.45, 2.75) is 44.2 Å². The highest BCUT2D eigenvalue weighted by molar-refractivity contribution is 5.92. The van der Waals surface area contributed by atoms with Crippen LogP contribution >= 0.6 is 0 Å². The molecule has 7 heteroatoms. The quantitative estimate of drug-likeness (QED) is 0.698. The lowest BCUT2D eigenvalue weighted by molar-refractivity contribution is -0.121. The van der Waals surface area contributed by atoms with E-state index in [0.717, 1.165) is 25.7 Å². The molecule has 4 N–H and O–H groups in total. The summed E-state index contributed by atoms with van der Waals surface area (Å²) in [5, 5.41) is 5.80. The second kappa shape index (κ2) is 7.84. The highest BCUT2D eigenvalue weighted by atomic mass is 19.1. The van der Waals surface area contributed by atoms with Crippen LogP contribution in [-0.2, 0) is 4.79 Å². The number of halogens is 1. The molecule has 2 amide bonds. The molecule has 0 spiro atoms. The fourth-order valence-electron chi connectivity index (χ4n) is 2.61. The molecule has 1 fully saturated rings. The molecular weight excluding hydrogens is 287 g/mol. The zero-order valence-corrected chi connectivity index (χ0v) is 12.3. The zero-order valence-electron chi connectivity index (χ0n) is 12.3. The summed E-state index contributed by atoms with van der Waals surface area (Å²) < 4.78 is 13.0. The Morgan fingerprint density at radius 1 is 1.18 bits per heavy atom. The van der Waals surface area contributed by atoms with Crippen LogP contribution in [-0.4, -0.2) is 35.4 Å². The van der Waals surface area contributed by atoms with E-state index in [1.165, 1.54) is 18.2 Å². The molecule has 0 radical (unpaired) electrons. The molecule has 2 rings (SSSR count). The van der Waals surface area contributed by atoms with Crippen molar-refractivity contribution >= 4 is 11.8 Å². The molecule has 120 valence electrons. The average Bonchev–Trinajstić information content (AvgIpc) is 2.49. The van der Waals surface area contributed by atoms with E-state index in [9.17, 15) is 14.0 Å². The third-order valence-corrected chi connectivity index (χ3v) is 3.75. The van der Waals surface area contributed by atoms with Gasteiger partial charge in [-0.15, -0.1) is 0 Å². The molecule has 1 heterocycles. The lowest BCUT2D eigenvalue weighted by Crippen LogP contribution is -2.44. The molecule has 0 aliphatic heterocycles. The smallest absolute Gasteiger partial charge is 0.270 e. The van der Waals surface area contributed by atoms with E-state index in [0.29, 0.717) is 13.0 Å². The highest BCUT2D eigenvalue weighted by Gasteiger charge is 2.24. The topological polar surface area (TPSA) is 97.1 Å². The van der Waals surface area contributed by atoms with Gasteiger partial charge in [0, 0.05) is 25.0 Å². The van der Waals surface area contributed by atoms with E-state index in [2.05, 4.69) is 15.6 Å². The normalized spacial score (nSPS) is 21.2. The maximum atomic E-state index is 13.0. The van der Waals surface area contributed by atoms with Gasteiger partial charge in [0.05, 0.1) is 0 Å². The Kier molecular flexibility index (Phi) is 5.83. The van der Waals surface area contributed by atoms with Gasteiger partial charge < -0.3 is 16.4 Å². The number of amides is 2. The van der Waals surface area contributed by atoms with Crippen LogP contribution in [0.25, 0.3) is 0 Å². The maximum Gasteiger partial charge on any atom is 0.270 e. The summed E-state index contributed by atoms with van der Waals surface area (Å²) in [5.74, 6) is -1.06. The van der Waals surface area contributed by atoms with Crippen LogP contribution in [0.1, 0.15) is 42.6 Å². The predicted molar refractivity (Wildman–Crippen MR) is 79.5 cm³/mol. The van der Waals surface area contributed by atoms with Gasteiger partial charge in [-0.05, 0) is 37.8 Å². The SMILES string of the molecule is NCCC(=O)NC1CCC(NC(=O)c2cccc(F)n2)CC1. The van der Waals surface area contributed by atoms with Crippen LogP contribution in [0.4, 0.5) is 4.39 Å². The van der Waals surface area contributed by atoms with Gasteiger partial charge >= 0.3 is 0 Å². The van der Waals surface area contributed by atoms with Crippen molar-refractivity contribution in [3.05, 3.63) is 29.8 Å². The first-order chi connectivity index (χ1) is 10.6. The van der Waals surface area contributed by atoms with Crippen molar-refractivity contribution in [1.29, 1.82) is 0 Å². The lowest BCUT2D eigenvalue weighted by Gasteiger charge is -2.29. The van der Waals surface area contributed by atoms with Crippen molar-refractivity contribution in [1.82, 2.24) is 15.6 Å². The highest BCUT2D eigenvalue weighted by Crippen LogP contribution is 2.19. The molecule has 0 saturated heterocycles. The minimum atomic E-state index is -0.668. The number of nitrogens with two attached hydrogens (primary N) is 1. The van der Waals surface area contributed by atoms with E-state index in [-0.39, 0.29) is 29.6 Å². The third-order valence-electron chi connectivity index (χ3n) is 3.75. The summed E-state index contributed by atoms with van der Waals surface area (Å²) in [4.78, 5) is 27.0. The summed E-state index contributed by atoms with van der Waals surface area (Å²) >= 11 is 0. The van der Waals surface area contributed by atoms with Crippen LogP contribution in [0.2, 0.25) is 0 Å². The van der Waals surface area contributed by atoms with Crippen molar-refractivity contribution in [3.63, 3.8) is 0 Å². The summed E-state index contributed by atoms with van der Waals surface area (Å²) in [6.45, 7) is 0.345.